The van der Waals surface area contributed by atoms with Crippen molar-refractivity contribution in [3.8, 4) is 0 Å². The molecule has 0 bridgehead atoms. The number of imidazole rings is 1. The summed E-state index contributed by atoms with van der Waals surface area (Å²) in [7, 11) is -1.87. The first-order chi connectivity index (χ1) is 16.2. The molecule has 0 fully saturated rings. The maximum Gasteiger partial charge on any atom is 0.262 e. The van der Waals surface area contributed by atoms with Crippen LogP contribution in [0, 0.1) is 13.8 Å². The number of nitrogens with zero attached hydrogens (tertiary/aromatic N) is 2. The average molecular weight is 475 g/mol. The highest BCUT2D eigenvalue weighted by Crippen LogP contribution is 2.23. The molecule has 2 N–H and O–H groups in total. The van der Waals surface area contributed by atoms with E-state index in [1.807, 2.05) is 61.1 Å². The highest BCUT2D eigenvalue weighted by Gasteiger charge is 2.22. The highest BCUT2D eigenvalue weighted by atomic mass is 32.2. The van der Waals surface area contributed by atoms with Crippen LogP contribution in [0.1, 0.15) is 38.9 Å². The first kappa shape index (κ1) is 23.3. The Kier molecular flexibility index (Phi) is 6.51. The first-order valence-electron chi connectivity index (χ1n) is 10.8. The van der Waals surface area contributed by atoms with E-state index in [2.05, 4.69) is 15.0 Å². The van der Waals surface area contributed by atoms with E-state index in [4.69, 9.17) is 0 Å². The van der Waals surface area contributed by atoms with Crippen LogP contribution >= 0.6 is 0 Å². The van der Waals surface area contributed by atoms with Crippen molar-refractivity contribution in [2.75, 3.05) is 4.72 Å². The summed E-state index contributed by atoms with van der Waals surface area (Å²) in [6, 6.07) is 20.8. The summed E-state index contributed by atoms with van der Waals surface area (Å²) in [5.74, 6) is 0.415. The Morgan fingerprint density at radius 3 is 2.32 bits per heavy atom. The number of benzene rings is 3. The molecule has 8 heteroatoms. The SMILES string of the molecule is Cc1ccc(C)c(S(=O)(=O)Nc2ccc(C(=O)NC(c3ccccc3)c3nccn3C)cc2)c1. The number of amides is 1. The first-order valence-corrected chi connectivity index (χ1v) is 12.3. The average Bonchev–Trinajstić information content (AvgIpc) is 3.25. The van der Waals surface area contributed by atoms with Gasteiger partial charge < -0.3 is 9.88 Å². The molecule has 0 saturated heterocycles. The van der Waals surface area contributed by atoms with Crippen molar-refractivity contribution in [3.63, 3.8) is 0 Å². The van der Waals surface area contributed by atoms with E-state index < -0.39 is 16.1 Å². The molecule has 0 spiro atoms. The fraction of sp³-hybridized carbons (Fsp3) is 0.154. The summed E-state index contributed by atoms with van der Waals surface area (Å²) in [6.07, 6.45) is 3.52. The fourth-order valence-corrected chi connectivity index (χ4v) is 5.10. The zero-order valence-electron chi connectivity index (χ0n) is 19.2. The molecule has 0 radical (unpaired) electrons. The highest BCUT2D eigenvalue weighted by molar-refractivity contribution is 7.92. The number of aryl methyl sites for hydroxylation is 3. The lowest BCUT2D eigenvalue weighted by Crippen LogP contribution is -2.31. The van der Waals surface area contributed by atoms with E-state index >= 15 is 0 Å². The van der Waals surface area contributed by atoms with Crippen LogP contribution in [0.4, 0.5) is 5.69 Å². The Morgan fingerprint density at radius 1 is 0.971 bits per heavy atom. The minimum absolute atomic E-state index is 0.232. The number of anilines is 1. The topological polar surface area (TPSA) is 93.1 Å². The molecule has 0 aliphatic carbocycles. The number of aromatic nitrogens is 2. The van der Waals surface area contributed by atoms with Gasteiger partial charge in [0.25, 0.3) is 15.9 Å². The Labute approximate surface area is 199 Å². The van der Waals surface area contributed by atoms with Gasteiger partial charge in [0.15, 0.2) is 0 Å². The molecule has 7 nitrogen and oxygen atoms in total. The van der Waals surface area contributed by atoms with E-state index in [1.54, 1.807) is 49.5 Å². The molecule has 1 heterocycles. The van der Waals surface area contributed by atoms with E-state index in [1.165, 1.54) is 0 Å². The standard InChI is InChI=1S/C26H26N4O3S/c1-18-9-10-19(2)23(17-18)34(32,33)29-22-13-11-21(12-14-22)26(31)28-24(20-7-5-4-6-8-20)25-27-15-16-30(25)3/h4-17,24,29H,1-3H3,(H,28,31). The van der Waals surface area contributed by atoms with Crippen LogP contribution in [0.2, 0.25) is 0 Å². The molecule has 4 aromatic rings. The smallest absolute Gasteiger partial charge is 0.262 e. The molecule has 1 atom stereocenters. The molecular formula is C26H26N4O3S. The van der Waals surface area contributed by atoms with Crippen molar-refractivity contribution in [1.29, 1.82) is 0 Å². The second-order valence-electron chi connectivity index (χ2n) is 8.17. The van der Waals surface area contributed by atoms with Gasteiger partial charge in [-0.3, -0.25) is 9.52 Å². The third-order valence-corrected chi connectivity index (χ3v) is 7.08. The van der Waals surface area contributed by atoms with Crippen molar-refractivity contribution in [2.24, 2.45) is 7.05 Å². The molecule has 0 aliphatic rings. The van der Waals surface area contributed by atoms with Gasteiger partial charge in [0.2, 0.25) is 0 Å². The molecule has 1 unspecified atom stereocenters. The zero-order chi connectivity index (χ0) is 24.3. The largest absolute Gasteiger partial charge is 0.338 e. The van der Waals surface area contributed by atoms with Gasteiger partial charge >= 0.3 is 0 Å². The summed E-state index contributed by atoms with van der Waals surface area (Å²) in [5.41, 5.74) is 3.21. The lowest BCUT2D eigenvalue weighted by Gasteiger charge is -2.19. The van der Waals surface area contributed by atoms with Gasteiger partial charge in [-0.05, 0) is 60.9 Å². The lowest BCUT2D eigenvalue weighted by molar-refractivity contribution is 0.0941. The van der Waals surface area contributed by atoms with E-state index in [9.17, 15) is 13.2 Å². The summed E-state index contributed by atoms with van der Waals surface area (Å²) in [5, 5.41) is 3.04. The minimum Gasteiger partial charge on any atom is -0.338 e. The van der Waals surface area contributed by atoms with Crippen LogP contribution in [0.3, 0.4) is 0 Å². The van der Waals surface area contributed by atoms with Crippen LogP contribution in [-0.2, 0) is 17.1 Å². The number of nitrogens with one attached hydrogen (secondary N) is 2. The minimum atomic E-state index is -3.75. The second-order valence-corrected chi connectivity index (χ2v) is 9.82. The maximum atomic E-state index is 13.0. The number of hydrogen-bond acceptors (Lipinski definition) is 4. The number of rotatable bonds is 7. The summed E-state index contributed by atoms with van der Waals surface area (Å²) in [4.78, 5) is 17.7. The van der Waals surface area contributed by atoms with Crippen LogP contribution < -0.4 is 10.0 Å². The predicted molar refractivity (Wildman–Crippen MR) is 132 cm³/mol. The molecule has 34 heavy (non-hydrogen) atoms. The molecule has 0 aliphatic heterocycles. The monoisotopic (exact) mass is 474 g/mol. The molecule has 0 saturated carbocycles. The predicted octanol–water partition coefficient (Wildman–Crippen LogP) is 4.36. The summed E-state index contributed by atoms with van der Waals surface area (Å²) >= 11 is 0. The van der Waals surface area contributed by atoms with Gasteiger partial charge in [0, 0.05) is 30.7 Å². The second kappa shape index (κ2) is 9.52. The molecule has 1 aromatic heterocycles. The Bertz CT molecular complexity index is 1410. The molecule has 1 amide bonds. The Balaban J connectivity index is 1.53. The van der Waals surface area contributed by atoms with E-state index in [-0.39, 0.29) is 10.8 Å². The van der Waals surface area contributed by atoms with Gasteiger partial charge in [0.1, 0.15) is 11.9 Å². The molecule has 174 valence electrons. The van der Waals surface area contributed by atoms with Crippen molar-refractivity contribution < 1.29 is 13.2 Å². The number of sulfonamides is 1. The molecular weight excluding hydrogens is 448 g/mol. The molecule has 3 aromatic carbocycles. The van der Waals surface area contributed by atoms with Gasteiger partial charge in [0.05, 0.1) is 4.90 Å². The fourth-order valence-electron chi connectivity index (χ4n) is 3.71. The molecule has 4 rings (SSSR count). The normalized spacial score (nSPS) is 12.2. The van der Waals surface area contributed by atoms with Crippen molar-refractivity contribution in [2.45, 2.75) is 24.8 Å². The van der Waals surface area contributed by atoms with Gasteiger partial charge in [-0.15, -0.1) is 0 Å². The van der Waals surface area contributed by atoms with E-state index in [0.717, 1.165) is 11.1 Å². The van der Waals surface area contributed by atoms with E-state index in [0.29, 0.717) is 22.6 Å². The van der Waals surface area contributed by atoms with Crippen LogP contribution in [0.25, 0.3) is 0 Å². The third-order valence-electron chi connectivity index (χ3n) is 5.56. The van der Waals surface area contributed by atoms with Crippen LogP contribution in [0.15, 0.2) is 90.1 Å². The summed E-state index contributed by atoms with van der Waals surface area (Å²) < 4.78 is 30.2. The number of carbonyl (C=O) groups is 1. The Morgan fingerprint density at radius 2 is 1.68 bits per heavy atom. The lowest BCUT2D eigenvalue weighted by atomic mass is 10.1. The Hall–Kier alpha value is -3.91. The van der Waals surface area contributed by atoms with Crippen LogP contribution in [-0.4, -0.2) is 23.9 Å². The van der Waals surface area contributed by atoms with Crippen molar-refractivity contribution in [1.82, 2.24) is 14.9 Å². The maximum absolute atomic E-state index is 13.0. The van der Waals surface area contributed by atoms with Gasteiger partial charge in [-0.2, -0.15) is 0 Å². The van der Waals surface area contributed by atoms with Crippen molar-refractivity contribution >= 4 is 21.6 Å². The summed E-state index contributed by atoms with van der Waals surface area (Å²) in [6.45, 7) is 3.60. The van der Waals surface area contributed by atoms with Gasteiger partial charge in [-0.25, -0.2) is 13.4 Å². The number of hydrogen-bond donors (Lipinski definition) is 2. The zero-order valence-corrected chi connectivity index (χ0v) is 20.0. The van der Waals surface area contributed by atoms with Crippen molar-refractivity contribution in [3.05, 3.63) is 113 Å². The third kappa shape index (κ3) is 5.02. The quantitative estimate of drug-likeness (QED) is 0.416. The van der Waals surface area contributed by atoms with Gasteiger partial charge in [-0.1, -0.05) is 42.5 Å². The van der Waals surface area contributed by atoms with Crippen LogP contribution in [0.5, 0.6) is 0 Å². The number of carbonyl (C=O) groups excluding carboxylic acids is 1.